The van der Waals surface area contributed by atoms with Crippen molar-refractivity contribution in [3.05, 3.63) is 11.6 Å². The van der Waals surface area contributed by atoms with Crippen molar-refractivity contribution in [2.45, 2.75) is 115 Å². The van der Waals surface area contributed by atoms with Crippen molar-refractivity contribution in [2.24, 2.45) is 45.8 Å². The molecule has 0 amide bonds. The number of aldehydes is 1. The number of carbonyl (C=O) groups excluding carboxylic acids is 2. The van der Waals surface area contributed by atoms with E-state index >= 15 is 4.79 Å². The number of allylic oxidation sites excluding steroid dienone is 1. The summed E-state index contributed by atoms with van der Waals surface area (Å²) in [7, 11) is 1.42. The van der Waals surface area contributed by atoms with Crippen LogP contribution in [-0.2, 0) is 33.3 Å². The Morgan fingerprint density at radius 1 is 1.00 bits per heavy atom. The summed E-state index contributed by atoms with van der Waals surface area (Å²) in [5.41, 5.74) is -3.02. The zero-order valence-corrected chi connectivity index (χ0v) is 27.1. The molecule has 4 aliphatic carbocycles. The van der Waals surface area contributed by atoms with E-state index in [2.05, 4.69) is 13.0 Å². The second-order valence-corrected chi connectivity index (χ2v) is 15.0. The fourth-order valence-corrected chi connectivity index (χ4v) is 10.7. The van der Waals surface area contributed by atoms with Crippen LogP contribution in [-0.4, -0.2) is 125 Å². The average Bonchev–Trinajstić information content (AvgIpc) is 3.60. The van der Waals surface area contributed by atoms with E-state index < -0.39 is 90.2 Å². The Morgan fingerprint density at radius 2 is 1.70 bits per heavy atom. The van der Waals surface area contributed by atoms with Crippen LogP contribution in [0, 0.1) is 45.8 Å². The predicted molar refractivity (Wildman–Crippen MR) is 157 cm³/mol. The number of hydrogen-bond acceptors (Lipinski definition) is 13. The van der Waals surface area contributed by atoms with Gasteiger partial charge in [-0.3, -0.25) is 4.79 Å². The second kappa shape index (κ2) is 12.1. The van der Waals surface area contributed by atoms with Crippen LogP contribution in [0.4, 0.5) is 0 Å². The van der Waals surface area contributed by atoms with Crippen molar-refractivity contribution in [3.63, 3.8) is 0 Å². The van der Waals surface area contributed by atoms with Crippen molar-refractivity contribution < 1.29 is 63.9 Å². The lowest BCUT2D eigenvalue weighted by atomic mass is 9.43. The van der Waals surface area contributed by atoms with Crippen LogP contribution in [0.5, 0.6) is 0 Å². The number of hydrogen-bond donors (Lipinski definition) is 6. The van der Waals surface area contributed by atoms with Gasteiger partial charge in [0, 0.05) is 12.5 Å². The number of carbonyl (C=O) groups is 2. The number of fused-ring (bicyclic) bond motifs is 2. The molecule has 2 heterocycles. The maximum absolute atomic E-state index is 15.1. The molecule has 0 aromatic heterocycles. The second-order valence-electron chi connectivity index (χ2n) is 15.0. The molecule has 6 N–H and O–H groups in total. The molecule has 3 saturated carbocycles. The minimum Gasteiger partial charge on any atom is -0.432 e. The molecular weight excluding hydrogens is 604 g/mol. The van der Waals surface area contributed by atoms with Gasteiger partial charge in [0.25, 0.3) is 0 Å². The van der Waals surface area contributed by atoms with E-state index in [0.29, 0.717) is 12.8 Å². The van der Waals surface area contributed by atoms with E-state index in [1.807, 2.05) is 13.8 Å². The Morgan fingerprint density at radius 3 is 2.33 bits per heavy atom. The number of esters is 1. The predicted octanol–water partition coefficient (Wildman–Crippen LogP) is -0.332. The third kappa shape index (κ3) is 4.43. The Hall–Kier alpha value is -1.52. The van der Waals surface area contributed by atoms with Crippen LogP contribution in [0.2, 0.25) is 0 Å². The van der Waals surface area contributed by atoms with Crippen LogP contribution in [0.15, 0.2) is 11.6 Å². The summed E-state index contributed by atoms with van der Waals surface area (Å²) in [6.45, 7) is 6.97. The highest BCUT2D eigenvalue weighted by Crippen LogP contribution is 2.83. The van der Waals surface area contributed by atoms with Crippen molar-refractivity contribution in [1.82, 2.24) is 0 Å². The van der Waals surface area contributed by atoms with Gasteiger partial charge >= 0.3 is 5.97 Å². The molecule has 260 valence electrons. The van der Waals surface area contributed by atoms with Crippen molar-refractivity contribution in [2.75, 3.05) is 20.3 Å². The average molecular weight is 655 g/mol. The topological polar surface area (TPSA) is 202 Å². The minimum absolute atomic E-state index is 0.0987. The van der Waals surface area contributed by atoms with Gasteiger partial charge in [0.05, 0.1) is 24.7 Å². The minimum atomic E-state index is -1.82. The molecule has 46 heavy (non-hydrogen) atoms. The largest absolute Gasteiger partial charge is 0.432 e. The summed E-state index contributed by atoms with van der Waals surface area (Å²) in [5.74, 6) is -1.00. The van der Waals surface area contributed by atoms with Gasteiger partial charge in [-0.25, -0.2) is 0 Å². The zero-order valence-electron chi connectivity index (χ0n) is 27.1. The van der Waals surface area contributed by atoms with Crippen LogP contribution in [0.3, 0.4) is 0 Å². The highest BCUT2D eigenvalue weighted by Gasteiger charge is 2.85. The van der Waals surface area contributed by atoms with Gasteiger partial charge in [-0.1, -0.05) is 38.8 Å². The quantitative estimate of drug-likeness (QED) is 0.107. The van der Waals surface area contributed by atoms with E-state index in [9.17, 15) is 35.4 Å². The highest BCUT2D eigenvalue weighted by atomic mass is 16.7. The Balaban J connectivity index is 1.43. The van der Waals surface area contributed by atoms with E-state index in [0.717, 1.165) is 24.7 Å². The van der Waals surface area contributed by atoms with Gasteiger partial charge in [-0.15, -0.1) is 0 Å². The Labute approximate surface area is 268 Å². The smallest absolute Gasteiger partial charge is 0.320 e. The summed E-state index contributed by atoms with van der Waals surface area (Å²) in [6, 6.07) is 0. The molecule has 2 aliphatic heterocycles. The molecule has 0 aromatic rings. The molecule has 0 unspecified atom stereocenters. The number of aliphatic hydroxyl groups is 6. The summed E-state index contributed by atoms with van der Waals surface area (Å²) in [5, 5.41) is 63.2. The maximum Gasteiger partial charge on any atom is 0.320 e. The lowest BCUT2D eigenvalue weighted by Crippen LogP contribution is -2.66. The van der Waals surface area contributed by atoms with Gasteiger partial charge in [-0.2, -0.15) is 0 Å². The van der Waals surface area contributed by atoms with Gasteiger partial charge in [0.15, 0.2) is 6.29 Å². The van der Waals surface area contributed by atoms with E-state index in [1.165, 1.54) is 7.11 Å². The molecule has 4 bridgehead atoms. The van der Waals surface area contributed by atoms with Crippen molar-refractivity contribution in [1.29, 1.82) is 0 Å². The van der Waals surface area contributed by atoms with E-state index in [-0.39, 0.29) is 36.2 Å². The van der Waals surface area contributed by atoms with Crippen LogP contribution >= 0.6 is 0 Å². The standard InChI is InChI=1S/C33H50O13/c1-14(2)20-8-17-9-31(12-35)19-7-6-15(3)18(19)10-32(17,13-43-28-26(40)24(38)27(42-5)16(4)44-28)33(20,31)30(41)46-29-25(39)23(37)22(36)21(11-34)45-29/h8,12,14-19,21-29,34,36-40H,6-7,9-11,13H2,1-5H3/t15-,16-,17-,18-,19-,21-,22-,23+,24+,25-,26+,27-,28-,29+,31+,32+,33+/m1/s1. The maximum atomic E-state index is 15.1. The Kier molecular flexibility index (Phi) is 9.05. The molecule has 17 atom stereocenters. The van der Waals surface area contributed by atoms with Crippen molar-refractivity contribution in [3.8, 4) is 0 Å². The molecular formula is C33H50O13. The SMILES string of the molecule is CO[C@H]1[C@@H](O)[C@H](O)[C@H](OC[C@@]23C[C@@H]4[C@H](C)CC[C@H]4[C@@]4(C=O)C[C@H]2C=C(C(C)C)[C@@]34C(=O)O[C@@H]2O[C@H](CO)[C@@H](O)[C@H](O)[C@H]2O)O[C@@H]1C. The monoisotopic (exact) mass is 654 g/mol. The lowest BCUT2D eigenvalue weighted by molar-refractivity contribution is -0.311. The van der Waals surface area contributed by atoms with Gasteiger partial charge in [0.2, 0.25) is 6.29 Å². The lowest BCUT2D eigenvalue weighted by Gasteiger charge is -2.59. The first kappa shape index (κ1) is 34.3. The fourth-order valence-electron chi connectivity index (χ4n) is 10.7. The molecule has 6 aliphatic rings. The highest BCUT2D eigenvalue weighted by molar-refractivity contribution is 5.91. The molecule has 2 saturated heterocycles. The zero-order chi connectivity index (χ0) is 33.5. The van der Waals surface area contributed by atoms with Gasteiger partial charge in [-0.05, 0) is 55.8 Å². The normalized spacial score (nSPS) is 52.8. The molecule has 0 aromatic carbocycles. The van der Waals surface area contributed by atoms with Crippen LogP contribution in [0.25, 0.3) is 0 Å². The molecule has 0 radical (unpaired) electrons. The van der Waals surface area contributed by atoms with Crippen LogP contribution in [0.1, 0.15) is 53.4 Å². The van der Waals surface area contributed by atoms with Crippen LogP contribution < -0.4 is 0 Å². The first-order valence-corrected chi connectivity index (χ1v) is 16.6. The van der Waals surface area contributed by atoms with E-state index in [4.69, 9.17) is 23.7 Å². The molecule has 6 rings (SSSR count). The summed E-state index contributed by atoms with van der Waals surface area (Å²) < 4.78 is 29.3. The molecule has 13 heteroatoms. The molecule has 5 fully saturated rings. The molecule has 13 nitrogen and oxygen atoms in total. The van der Waals surface area contributed by atoms with Gasteiger partial charge < -0.3 is 59.1 Å². The van der Waals surface area contributed by atoms with E-state index in [1.54, 1.807) is 6.92 Å². The first-order chi connectivity index (χ1) is 21.8. The third-order valence-corrected chi connectivity index (χ3v) is 12.7. The fraction of sp³-hybridized carbons (Fsp3) is 0.879. The van der Waals surface area contributed by atoms with Crippen molar-refractivity contribution >= 4 is 12.3 Å². The number of aliphatic hydroxyl groups excluding tert-OH is 6. The number of methoxy groups -OCH3 is 1. The Bertz CT molecular complexity index is 1210. The summed E-state index contributed by atoms with van der Waals surface area (Å²) in [6.07, 6.45) is -8.04. The first-order valence-electron chi connectivity index (χ1n) is 16.6. The third-order valence-electron chi connectivity index (χ3n) is 12.7. The summed E-state index contributed by atoms with van der Waals surface area (Å²) in [4.78, 5) is 28.8. The number of ether oxygens (including phenoxy) is 5. The van der Waals surface area contributed by atoms with Gasteiger partial charge in [0.1, 0.15) is 54.4 Å². The summed E-state index contributed by atoms with van der Waals surface area (Å²) >= 11 is 0. The molecule has 0 spiro atoms. The number of rotatable bonds is 9.